The van der Waals surface area contributed by atoms with E-state index in [1.807, 2.05) is 6.07 Å². The first kappa shape index (κ1) is 13.4. The molecule has 1 aromatic carbocycles. The van der Waals surface area contributed by atoms with Gasteiger partial charge in [0.15, 0.2) is 0 Å². The minimum atomic E-state index is 0.390. The quantitative estimate of drug-likeness (QED) is 0.885. The van der Waals surface area contributed by atoms with E-state index in [0.29, 0.717) is 11.8 Å². The van der Waals surface area contributed by atoms with Crippen LogP contribution in [0.3, 0.4) is 0 Å². The summed E-state index contributed by atoms with van der Waals surface area (Å²) < 4.78 is 0. The topological polar surface area (TPSA) is 26.7 Å². The van der Waals surface area contributed by atoms with Crippen LogP contribution in [0.5, 0.6) is 5.75 Å². The fourth-order valence-corrected chi connectivity index (χ4v) is 2.73. The van der Waals surface area contributed by atoms with Crippen LogP contribution in [-0.2, 0) is 6.42 Å². The normalized spacial score (nSPS) is 19.3. The van der Waals surface area contributed by atoms with Gasteiger partial charge in [0.05, 0.1) is 0 Å². The molecule has 0 saturated carbocycles. The predicted octanol–water partition coefficient (Wildman–Crippen LogP) is 2.26. The zero-order valence-corrected chi connectivity index (χ0v) is 11.7. The van der Waals surface area contributed by atoms with Gasteiger partial charge in [-0.05, 0) is 63.7 Å². The van der Waals surface area contributed by atoms with E-state index in [-0.39, 0.29) is 0 Å². The molecule has 0 spiro atoms. The molecule has 0 aliphatic heterocycles. The first-order valence-corrected chi connectivity index (χ1v) is 6.74. The van der Waals surface area contributed by atoms with Crippen LogP contribution in [0.15, 0.2) is 18.2 Å². The molecule has 0 saturated heterocycles. The Hall–Kier alpha value is -1.06. The lowest BCUT2D eigenvalue weighted by Crippen LogP contribution is -2.33. The van der Waals surface area contributed by atoms with Crippen molar-refractivity contribution in [3.8, 4) is 5.75 Å². The Kier molecular flexibility index (Phi) is 4.25. The monoisotopic (exact) mass is 248 g/mol. The molecule has 0 radical (unpaired) electrons. The molecule has 1 aliphatic carbocycles. The smallest absolute Gasteiger partial charge is 0.115 e. The third kappa shape index (κ3) is 3.03. The van der Waals surface area contributed by atoms with Crippen molar-refractivity contribution in [1.29, 1.82) is 0 Å². The number of aryl methyl sites for hydroxylation is 1. The molecule has 2 rings (SSSR count). The second kappa shape index (κ2) is 5.72. The minimum absolute atomic E-state index is 0.390. The Bertz CT molecular complexity index is 403. The van der Waals surface area contributed by atoms with Crippen molar-refractivity contribution in [1.82, 2.24) is 9.80 Å². The molecule has 3 nitrogen and oxygen atoms in total. The van der Waals surface area contributed by atoms with Crippen molar-refractivity contribution in [2.24, 2.45) is 0 Å². The Balaban J connectivity index is 2.13. The molecule has 1 unspecified atom stereocenters. The summed E-state index contributed by atoms with van der Waals surface area (Å²) in [6.45, 7) is 2.13. The molecule has 0 amide bonds. The molecule has 100 valence electrons. The van der Waals surface area contributed by atoms with Crippen LogP contribution in [0.1, 0.15) is 30.0 Å². The molecule has 0 bridgehead atoms. The third-order valence-corrected chi connectivity index (χ3v) is 3.84. The molecule has 1 aromatic rings. The van der Waals surface area contributed by atoms with Gasteiger partial charge in [0, 0.05) is 19.1 Å². The van der Waals surface area contributed by atoms with Crippen LogP contribution in [0.2, 0.25) is 0 Å². The number of hydrogen-bond acceptors (Lipinski definition) is 3. The maximum Gasteiger partial charge on any atom is 0.115 e. The SMILES string of the molecule is CN(C)CCN(C)C1CCCc2ccc(O)cc21. The van der Waals surface area contributed by atoms with Crippen molar-refractivity contribution < 1.29 is 5.11 Å². The van der Waals surface area contributed by atoms with Gasteiger partial charge in [-0.3, -0.25) is 4.90 Å². The maximum atomic E-state index is 9.68. The number of benzene rings is 1. The molecule has 1 aliphatic rings. The van der Waals surface area contributed by atoms with Gasteiger partial charge in [-0.25, -0.2) is 0 Å². The molecule has 0 heterocycles. The summed E-state index contributed by atoms with van der Waals surface area (Å²) in [5.41, 5.74) is 2.73. The molecule has 3 heteroatoms. The van der Waals surface area contributed by atoms with E-state index >= 15 is 0 Å². The zero-order chi connectivity index (χ0) is 13.1. The van der Waals surface area contributed by atoms with E-state index in [0.717, 1.165) is 19.5 Å². The van der Waals surface area contributed by atoms with Gasteiger partial charge in [0.25, 0.3) is 0 Å². The largest absolute Gasteiger partial charge is 0.508 e. The second-order valence-corrected chi connectivity index (χ2v) is 5.58. The summed E-state index contributed by atoms with van der Waals surface area (Å²) in [6, 6.07) is 6.30. The fraction of sp³-hybridized carbons (Fsp3) is 0.600. The van der Waals surface area contributed by atoms with Crippen molar-refractivity contribution in [2.75, 3.05) is 34.2 Å². The molecular formula is C15H24N2O. The van der Waals surface area contributed by atoms with Crippen molar-refractivity contribution in [3.05, 3.63) is 29.3 Å². The van der Waals surface area contributed by atoms with E-state index in [4.69, 9.17) is 0 Å². The van der Waals surface area contributed by atoms with Gasteiger partial charge in [-0.15, -0.1) is 0 Å². The number of phenols is 1. The summed E-state index contributed by atoms with van der Waals surface area (Å²) >= 11 is 0. The highest BCUT2D eigenvalue weighted by atomic mass is 16.3. The summed E-state index contributed by atoms with van der Waals surface area (Å²) in [5.74, 6) is 0.390. The molecule has 0 fully saturated rings. The molecule has 0 aromatic heterocycles. The molecule has 1 atom stereocenters. The van der Waals surface area contributed by atoms with Crippen LogP contribution in [0, 0.1) is 0 Å². The Morgan fingerprint density at radius 3 is 2.72 bits per heavy atom. The predicted molar refractivity (Wildman–Crippen MR) is 75.0 cm³/mol. The van der Waals surface area contributed by atoms with Gasteiger partial charge in [0.2, 0.25) is 0 Å². The summed E-state index contributed by atoms with van der Waals surface area (Å²) in [4.78, 5) is 4.63. The number of rotatable bonds is 4. The number of likely N-dealkylation sites (N-methyl/N-ethyl adjacent to an activating group) is 2. The van der Waals surface area contributed by atoms with Crippen molar-refractivity contribution in [3.63, 3.8) is 0 Å². The summed E-state index contributed by atoms with van der Waals surface area (Å²) in [7, 11) is 6.40. The third-order valence-electron chi connectivity index (χ3n) is 3.84. The molecule has 1 N–H and O–H groups in total. The first-order valence-electron chi connectivity index (χ1n) is 6.74. The van der Waals surface area contributed by atoms with Crippen LogP contribution >= 0.6 is 0 Å². The van der Waals surface area contributed by atoms with Crippen molar-refractivity contribution in [2.45, 2.75) is 25.3 Å². The van der Waals surface area contributed by atoms with Gasteiger partial charge in [-0.2, -0.15) is 0 Å². The van der Waals surface area contributed by atoms with E-state index in [1.54, 1.807) is 6.07 Å². The number of hydrogen-bond donors (Lipinski definition) is 1. The number of fused-ring (bicyclic) bond motifs is 1. The van der Waals surface area contributed by atoms with Crippen LogP contribution in [-0.4, -0.2) is 49.1 Å². The highest BCUT2D eigenvalue weighted by molar-refractivity contribution is 5.38. The fourth-order valence-electron chi connectivity index (χ4n) is 2.73. The van der Waals surface area contributed by atoms with Crippen LogP contribution in [0.4, 0.5) is 0 Å². The van der Waals surface area contributed by atoms with Gasteiger partial charge < -0.3 is 10.0 Å². The van der Waals surface area contributed by atoms with Gasteiger partial charge >= 0.3 is 0 Å². The lowest BCUT2D eigenvalue weighted by atomic mass is 9.87. The maximum absolute atomic E-state index is 9.68. The van der Waals surface area contributed by atoms with E-state index < -0.39 is 0 Å². The number of phenolic OH excluding ortho intramolecular Hbond substituents is 1. The number of nitrogens with zero attached hydrogens (tertiary/aromatic N) is 2. The van der Waals surface area contributed by atoms with E-state index in [1.165, 1.54) is 24.0 Å². The zero-order valence-electron chi connectivity index (χ0n) is 11.7. The number of aromatic hydroxyl groups is 1. The summed E-state index contributed by atoms with van der Waals surface area (Å²) in [5, 5.41) is 9.68. The first-order chi connectivity index (χ1) is 8.58. The average Bonchev–Trinajstić information content (AvgIpc) is 2.35. The Morgan fingerprint density at radius 2 is 2.00 bits per heavy atom. The average molecular weight is 248 g/mol. The highest BCUT2D eigenvalue weighted by Gasteiger charge is 2.23. The molecule has 18 heavy (non-hydrogen) atoms. The van der Waals surface area contributed by atoms with Gasteiger partial charge in [-0.1, -0.05) is 6.07 Å². The second-order valence-electron chi connectivity index (χ2n) is 5.58. The Morgan fingerprint density at radius 1 is 1.22 bits per heavy atom. The lowest BCUT2D eigenvalue weighted by Gasteiger charge is -2.34. The van der Waals surface area contributed by atoms with Crippen LogP contribution in [0.25, 0.3) is 0 Å². The highest BCUT2D eigenvalue weighted by Crippen LogP contribution is 2.35. The summed E-state index contributed by atoms with van der Waals surface area (Å²) in [6.07, 6.45) is 3.59. The minimum Gasteiger partial charge on any atom is -0.508 e. The van der Waals surface area contributed by atoms with Crippen molar-refractivity contribution >= 4 is 0 Å². The lowest BCUT2D eigenvalue weighted by molar-refractivity contribution is 0.200. The molecular weight excluding hydrogens is 224 g/mol. The Labute approximate surface area is 110 Å². The van der Waals surface area contributed by atoms with Gasteiger partial charge in [0.1, 0.15) is 5.75 Å². The van der Waals surface area contributed by atoms with E-state index in [9.17, 15) is 5.11 Å². The van der Waals surface area contributed by atoms with E-state index in [2.05, 4.69) is 37.0 Å². The standard InChI is InChI=1S/C15H24N2O/c1-16(2)9-10-17(3)15-6-4-5-12-7-8-13(18)11-14(12)15/h7-8,11,15,18H,4-6,9-10H2,1-3H3. The van der Waals surface area contributed by atoms with Crippen LogP contribution < -0.4 is 0 Å².